The molecule has 2 aromatic heterocycles. The van der Waals surface area contributed by atoms with Gasteiger partial charge in [-0.15, -0.1) is 0 Å². The molecule has 2 rings (SSSR count). The summed E-state index contributed by atoms with van der Waals surface area (Å²) in [4.78, 5) is 20.7. The smallest absolute Gasteiger partial charge is 0.433 e. The predicted molar refractivity (Wildman–Crippen MR) is 58.9 cm³/mol. The van der Waals surface area contributed by atoms with Crippen molar-refractivity contribution in [3.63, 3.8) is 0 Å². The van der Waals surface area contributed by atoms with Gasteiger partial charge < -0.3 is 10.1 Å². The zero-order valence-corrected chi connectivity index (χ0v) is 9.92. The van der Waals surface area contributed by atoms with Crippen LogP contribution in [0.5, 0.6) is 0 Å². The second kappa shape index (κ2) is 4.92. The number of aromatic amines is 1. The molecule has 0 aliphatic heterocycles. The second-order valence-corrected chi connectivity index (χ2v) is 4.33. The fraction of sp³-hybridized carbons (Fsp3) is 0.100. The van der Waals surface area contributed by atoms with E-state index in [2.05, 4.69) is 15.0 Å². The number of aromatic nitrogens is 3. The molecule has 0 aliphatic carbocycles. The molecule has 0 saturated carbocycles. The molecule has 0 spiro atoms. The number of nitrogens with zero attached hydrogens (tertiary/aromatic N) is 2. The quantitative estimate of drug-likeness (QED) is 0.908. The summed E-state index contributed by atoms with van der Waals surface area (Å²) < 4.78 is 37.6. The molecular formula is C10H6F3N3O2S. The van der Waals surface area contributed by atoms with Gasteiger partial charge in [-0.1, -0.05) is 0 Å². The Bertz CT molecular complexity index is 599. The van der Waals surface area contributed by atoms with E-state index >= 15 is 0 Å². The van der Waals surface area contributed by atoms with Crippen molar-refractivity contribution in [2.75, 3.05) is 0 Å². The summed E-state index contributed by atoms with van der Waals surface area (Å²) >= 11 is 0.721. The third-order valence-corrected chi connectivity index (χ3v) is 2.97. The van der Waals surface area contributed by atoms with Crippen LogP contribution in [0.25, 0.3) is 0 Å². The third-order valence-electron chi connectivity index (χ3n) is 2.05. The Hall–Kier alpha value is -2.03. The fourth-order valence-corrected chi connectivity index (χ4v) is 2.07. The summed E-state index contributed by atoms with van der Waals surface area (Å²) in [6, 6.07) is 1.51. The van der Waals surface area contributed by atoms with Crippen LogP contribution in [-0.2, 0) is 6.18 Å². The van der Waals surface area contributed by atoms with Crippen molar-refractivity contribution in [1.82, 2.24) is 15.0 Å². The Morgan fingerprint density at radius 2 is 2.11 bits per heavy atom. The van der Waals surface area contributed by atoms with Gasteiger partial charge in [0.2, 0.25) is 0 Å². The summed E-state index contributed by atoms with van der Waals surface area (Å²) in [7, 11) is 0. The lowest BCUT2D eigenvalue weighted by Gasteiger charge is -2.09. The zero-order valence-electron chi connectivity index (χ0n) is 9.10. The molecule has 0 saturated heterocycles. The van der Waals surface area contributed by atoms with E-state index in [0.29, 0.717) is 6.07 Å². The highest BCUT2D eigenvalue weighted by molar-refractivity contribution is 7.99. The molecule has 2 aromatic rings. The maximum Gasteiger partial charge on any atom is 0.433 e. The van der Waals surface area contributed by atoms with Crippen LogP contribution < -0.4 is 0 Å². The lowest BCUT2D eigenvalue weighted by atomic mass is 10.2. The third kappa shape index (κ3) is 3.05. The van der Waals surface area contributed by atoms with Crippen LogP contribution in [0.15, 0.2) is 34.7 Å². The topological polar surface area (TPSA) is 78.9 Å². The Kier molecular flexibility index (Phi) is 3.47. The number of carbonyl (C=O) groups is 1. The monoisotopic (exact) mass is 289 g/mol. The van der Waals surface area contributed by atoms with E-state index in [-0.39, 0.29) is 15.7 Å². The first-order valence-electron chi connectivity index (χ1n) is 4.86. The molecule has 2 heterocycles. The van der Waals surface area contributed by atoms with E-state index in [9.17, 15) is 18.0 Å². The van der Waals surface area contributed by atoms with Crippen LogP contribution in [0.1, 0.15) is 16.1 Å². The minimum absolute atomic E-state index is 0.259. The lowest BCUT2D eigenvalue weighted by Crippen LogP contribution is -2.11. The van der Waals surface area contributed by atoms with Gasteiger partial charge in [-0.2, -0.15) is 13.2 Å². The number of aromatic carboxylic acids is 1. The summed E-state index contributed by atoms with van der Waals surface area (Å²) in [5.74, 6) is -1.35. The van der Waals surface area contributed by atoms with Crippen molar-refractivity contribution >= 4 is 17.7 Å². The molecule has 0 aliphatic rings. The number of hydrogen-bond acceptors (Lipinski definition) is 4. The van der Waals surface area contributed by atoms with E-state index < -0.39 is 17.8 Å². The molecular weight excluding hydrogens is 283 g/mol. The van der Waals surface area contributed by atoms with Gasteiger partial charge in [-0.3, -0.25) is 0 Å². The van der Waals surface area contributed by atoms with E-state index in [1.54, 1.807) is 0 Å². The van der Waals surface area contributed by atoms with Crippen molar-refractivity contribution < 1.29 is 23.1 Å². The highest BCUT2D eigenvalue weighted by Gasteiger charge is 2.33. The van der Waals surface area contributed by atoms with Crippen molar-refractivity contribution in [2.24, 2.45) is 0 Å². The molecule has 0 unspecified atom stereocenters. The van der Waals surface area contributed by atoms with Crippen molar-refractivity contribution in [2.45, 2.75) is 16.4 Å². The Morgan fingerprint density at radius 3 is 2.63 bits per heavy atom. The van der Waals surface area contributed by atoms with Crippen LogP contribution in [-0.4, -0.2) is 26.0 Å². The van der Waals surface area contributed by atoms with Gasteiger partial charge in [0, 0.05) is 12.4 Å². The van der Waals surface area contributed by atoms with Gasteiger partial charge in [0.25, 0.3) is 0 Å². The first kappa shape index (κ1) is 13.4. The SMILES string of the molecule is O=C(O)c1ccc(C(F)(F)F)nc1Sc1ncc[nH]1. The summed E-state index contributed by atoms with van der Waals surface area (Å²) in [5, 5.41) is 8.92. The number of hydrogen-bond donors (Lipinski definition) is 2. The van der Waals surface area contributed by atoms with E-state index in [4.69, 9.17) is 5.11 Å². The molecule has 9 heteroatoms. The number of carboxylic acids is 1. The van der Waals surface area contributed by atoms with Gasteiger partial charge in [0.1, 0.15) is 10.7 Å². The van der Waals surface area contributed by atoms with Crippen molar-refractivity contribution in [3.05, 3.63) is 35.8 Å². The van der Waals surface area contributed by atoms with Crippen LogP contribution in [0.2, 0.25) is 0 Å². The van der Waals surface area contributed by atoms with Crippen LogP contribution in [0, 0.1) is 0 Å². The van der Waals surface area contributed by atoms with Gasteiger partial charge in [0.15, 0.2) is 5.16 Å². The van der Waals surface area contributed by atoms with Gasteiger partial charge in [-0.05, 0) is 23.9 Å². The average molecular weight is 289 g/mol. The number of nitrogens with one attached hydrogen (secondary N) is 1. The molecule has 5 nitrogen and oxygen atoms in total. The minimum atomic E-state index is -4.63. The maximum absolute atomic E-state index is 12.5. The Morgan fingerprint density at radius 1 is 1.37 bits per heavy atom. The number of H-pyrrole nitrogens is 1. The van der Waals surface area contributed by atoms with Crippen molar-refractivity contribution in [3.8, 4) is 0 Å². The van der Waals surface area contributed by atoms with Gasteiger partial charge in [0.05, 0.1) is 5.56 Å². The molecule has 19 heavy (non-hydrogen) atoms. The second-order valence-electron chi connectivity index (χ2n) is 3.35. The van der Waals surface area contributed by atoms with E-state index in [0.717, 1.165) is 17.8 Å². The lowest BCUT2D eigenvalue weighted by molar-refractivity contribution is -0.141. The van der Waals surface area contributed by atoms with Gasteiger partial charge >= 0.3 is 12.1 Å². The summed E-state index contributed by atoms with van der Waals surface area (Å²) in [6.07, 6.45) is -1.76. The first-order valence-corrected chi connectivity index (χ1v) is 5.68. The predicted octanol–water partition coefficient (Wildman–Crippen LogP) is 2.67. The number of pyridine rings is 1. The molecule has 0 fully saturated rings. The molecule has 0 atom stereocenters. The van der Waals surface area contributed by atoms with E-state index in [1.165, 1.54) is 12.4 Å². The fourth-order valence-electron chi connectivity index (χ4n) is 1.24. The normalized spacial score (nSPS) is 11.5. The van der Waals surface area contributed by atoms with Crippen molar-refractivity contribution in [1.29, 1.82) is 0 Å². The molecule has 2 N–H and O–H groups in total. The number of imidazole rings is 1. The largest absolute Gasteiger partial charge is 0.478 e. The molecule has 0 amide bonds. The average Bonchev–Trinajstić information content (AvgIpc) is 2.80. The highest BCUT2D eigenvalue weighted by Crippen LogP contribution is 2.32. The molecule has 100 valence electrons. The number of halogens is 3. The highest BCUT2D eigenvalue weighted by atomic mass is 32.2. The first-order chi connectivity index (χ1) is 8.88. The number of rotatable bonds is 3. The van der Waals surface area contributed by atoms with Gasteiger partial charge in [-0.25, -0.2) is 14.8 Å². The maximum atomic E-state index is 12.5. The Labute approximate surface area is 108 Å². The number of alkyl halides is 3. The zero-order chi connectivity index (χ0) is 14.0. The summed E-state index contributed by atoms with van der Waals surface area (Å²) in [5.41, 5.74) is -1.46. The Balaban J connectivity index is 2.45. The molecule has 0 aromatic carbocycles. The number of carboxylic acid groups (broad SMARTS) is 1. The van der Waals surface area contributed by atoms with E-state index in [1.807, 2.05) is 0 Å². The van der Waals surface area contributed by atoms with Crippen LogP contribution in [0.4, 0.5) is 13.2 Å². The van der Waals surface area contributed by atoms with Crippen LogP contribution in [0.3, 0.4) is 0 Å². The van der Waals surface area contributed by atoms with Crippen LogP contribution >= 0.6 is 11.8 Å². The standard InChI is InChI=1S/C10H6F3N3O2S/c11-10(12,13)6-2-1-5(8(17)18)7(16-6)19-9-14-3-4-15-9/h1-4H,(H,14,15)(H,17,18). The molecule has 0 bridgehead atoms. The molecule has 0 radical (unpaired) electrons. The minimum Gasteiger partial charge on any atom is -0.478 e. The summed E-state index contributed by atoms with van der Waals surface area (Å²) in [6.45, 7) is 0.